The molecule has 6 rings (SSSR count). The number of rotatable bonds is 8. The molecule has 1 unspecified atom stereocenters. The molecule has 0 spiro atoms. The van der Waals surface area contributed by atoms with Crippen LogP contribution in [0.1, 0.15) is 73.6 Å². The molecule has 1 aromatic heterocycles. The first-order valence-corrected chi connectivity index (χ1v) is 17.7. The number of likely N-dealkylation sites (tertiary alicyclic amines) is 1. The van der Waals surface area contributed by atoms with Gasteiger partial charge in [-0.25, -0.2) is 0 Å². The molecule has 2 heterocycles. The molecular weight excluding hydrogens is 626 g/mol. The second-order valence-corrected chi connectivity index (χ2v) is 13.5. The lowest BCUT2D eigenvalue weighted by molar-refractivity contribution is -0.144. The molecule has 3 amide bonds. The summed E-state index contributed by atoms with van der Waals surface area (Å²) in [6, 6.07) is 21.0. The average Bonchev–Trinajstić information content (AvgIpc) is 3.52. The quantitative estimate of drug-likeness (QED) is 0.195. The number of aryl methyl sites for hydroxylation is 2. The molecule has 3 aromatic carbocycles. The molecule has 0 bridgehead atoms. The van der Waals surface area contributed by atoms with Crippen molar-refractivity contribution in [3.05, 3.63) is 101 Å². The van der Waals surface area contributed by atoms with Crippen molar-refractivity contribution in [2.75, 3.05) is 11.9 Å². The summed E-state index contributed by atoms with van der Waals surface area (Å²) in [5.74, 6) is 5.91. The number of nitrogens with one attached hydrogen (secondary N) is 2. The zero-order valence-corrected chi connectivity index (χ0v) is 28.8. The molecule has 1 aliphatic carbocycles. The molecule has 258 valence electrons. The number of carbonyl (C=O) groups is 3. The predicted octanol–water partition coefficient (Wildman–Crippen LogP) is 6.13. The van der Waals surface area contributed by atoms with Crippen molar-refractivity contribution in [2.24, 2.45) is 13.0 Å². The summed E-state index contributed by atoms with van der Waals surface area (Å²) in [6.07, 6.45) is 9.29. The first-order valence-electron chi connectivity index (χ1n) is 17.7. The molecule has 1 saturated carbocycles. The number of aromatic hydroxyl groups is 1. The molecular formula is C41H45N5O4. The van der Waals surface area contributed by atoms with E-state index in [1.165, 1.54) is 0 Å². The highest BCUT2D eigenvalue weighted by Crippen LogP contribution is 2.31. The third-order valence-electron chi connectivity index (χ3n) is 9.69. The van der Waals surface area contributed by atoms with E-state index in [9.17, 15) is 19.5 Å². The third-order valence-corrected chi connectivity index (χ3v) is 9.69. The Morgan fingerprint density at radius 1 is 0.900 bits per heavy atom. The Kier molecular flexibility index (Phi) is 11.0. The van der Waals surface area contributed by atoms with Crippen LogP contribution in [0.25, 0.3) is 11.3 Å². The van der Waals surface area contributed by atoms with E-state index in [1.807, 2.05) is 74.8 Å². The van der Waals surface area contributed by atoms with E-state index in [2.05, 4.69) is 27.6 Å². The lowest BCUT2D eigenvalue weighted by atomic mass is 9.88. The maximum absolute atomic E-state index is 14.2. The largest absolute Gasteiger partial charge is 0.507 e. The highest BCUT2D eigenvalue weighted by atomic mass is 16.3. The normalized spacial score (nSPS) is 16.9. The number of phenolic OH excluding ortho intramolecular Hbond substituents is 1. The average molecular weight is 672 g/mol. The molecule has 2 aliphatic rings. The lowest BCUT2D eigenvalue weighted by Gasteiger charge is -2.37. The van der Waals surface area contributed by atoms with Gasteiger partial charge >= 0.3 is 0 Å². The molecule has 9 nitrogen and oxygen atoms in total. The van der Waals surface area contributed by atoms with Crippen LogP contribution in [0, 0.1) is 24.7 Å². The van der Waals surface area contributed by atoms with Gasteiger partial charge < -0.3 is 20.6 Å². The van der Waals surface area contributed by atoms with Crippen LogP contribution in [0.5, 0.6) is 5.75 Å². The smallest absolute Gasteiger partial charge is 0.247 e. The first kappa shape index (κ1) is 34.5. The topological polar surface area (TPSA) is 117 Å². The number of amides is 3. The summed E-state index contributed by atoms with van der Waals surface area (Å²) >= 11 is 0. The van der Waals surface area contributed by atoms with Gasteiger partial charge in [0.1, 0.15) is 23.5 Å². The summed E-state index contributed by atoms with van der Waals surface area (Å²) in [7, 11) is 1.82. The second kappa shape index (κ2) is 15.9. The van der Waals surface area contributed by atoms with E-state index in [1.54, 1.807) is 27.8 Å². The summed E-state index contributed by atoms with van der Waals surface area (Å²) in [5, 5.41) is 21.1. The third kappa shape index (κ3) is 8.43. The van der Waals surface area contributed by atoms with Gasteiger partial charge in [0.2, 0.25) is 17.7 Å². The minimum absolute atomic E-state index is 0.0618. The molecule has 4 aromatic rings. The Morgan fingerprint density at radius 2 is 1.64 bits per heavy atom. The van der Waals surface area contributed by atoms with Crippen molar-refractivity contribution in [1.29, 1.82) is 0 Å². The molecule has 9 heteroatoms. The maximum Gasteiger partial charge on any atom is 0.247 e. The highest BCUT2D eigenvalue weighted by Gasteiger charge is 2.37. The van der Waals surface area contributed by atoms with Gasteiger partial charge in [-0.2, -0.15) is 5.10 Å². The second-order valence-electron chi connectivity index (χ2n) is 13.5. The summed E-state index contributed by atoms with van der Waals surface area (Å²) in [4.78, 5) is 42.9. The summed E-state index contributed by atoms with van der Waals surface area (Å²) in [6.45, 7) is 2.43. The molecule has 2 atom stereocenters. The standard InChI is InChI=1S/C41H45N5O4/c1-28-16-23-37(47)34(25-28)38-32(27-45(2)44-38)20-17-29-18-21-33(22-19-29)42-40(49)36-15-9-10-24-46(36)41(50)35(26-30-11-5-3-6-12-30)43-39(48)31-13-7-4-8-14-31/h3,5-6,11-12,16,18-19,21-23,25,27,31,35-36,47H,4,7-10,13-15,24,26H2,1-2H3,(H,42,49)(H,43,48)/t35-,36?/m0/s1. The van der Waals surface area contributed by atoms with Crippen LogP contribution in [0.3, 0.4) is 0 Å². The fraction of sp³-hybridized carbons (Fsp3) is 0.366. The maximum atomic E-state index is 14.2. The van der Waals surface area contributed by atoms with Crippen LogP contribution in [0.4, 0.5) is 5.69 Å². The molecule has 1 saturated heterocycles. The molecule has 2 fully saturated rings. The Morgan fingerprint density at radius 3 is 2.40 bits per heavy atom. The molecule has 0 radical (unpaired) electrons. The van der Waals surface area contributed by atoms with E-state index >= 15 is 0 Å². The Hall–Kier alpha value is -5.36. The van der Waals surface area contributed by atoms with Crippen LogP contribution >= 0.6 is 0 Å². The number of nitrogens with zero attached hydrogens (tertiary/aromatic N) is 3. The number of hydrogen-bond acceptors (Lipinski definition) is 5. The minimum Gasteiger partial charge on any atom is -0.507 e. The van der Waals surface area contributed by atoms with Gasteiger partial charge in [-0.1, -0.05) is 73.1 Å². The van der Waals surface area contributed by atoms with Crippen molar-refractivity contribution in [3.8, 4) is 28.8 Å². The lowest BCUT2D eigenvalue weighted by Crippen LogP contribution is -2.57. The van der Waals surface area contributed by atoms with Crippen LogP contribution in [-0.2, 0) is 27.9 Å². The van der Waals surface area contributed by atoms with Crippen LogP contribution in [0.15, 0.2) is 79.0 Å². The van der Waals surface area contributed by atoms with Gasteiger partial charge in [0.05, 0.1) is 5.56 Å². The van der Waals surface area contributed by atoms with E-state index in [0.717, 1.165) is 61.6 Å². The van der Waals surface area contributed by atoms with Crippen molar-refractivity contribution in [1.82, 2.24) is 20.0 Å². The van der Waals surface area contributed by atoms with Crippen molar-refractivity contribution >= 4 is 23.4 Å². The fourth-order valence-corrected chi connectivity index (χ4v) is 6.99. The number of piperidine rings is 1. The fourth-order valence-electron chi connectivity index (χ4n) is 6.99. The van der Waals surface area contributed by atoms with Gasteiger partial charge in [0.25, 0.3) is 0 Å². The van der Waals surface area contributed by atoms with E-state index in [-0.39, 0.29) is 29.4 Å². The Balaban J connectivity index is 1.14. The van der Waals surface area contributed by atoms with Gasteiger partial charge in [0, 0.05) is 48.9 Å². The van der Waals surface area contributed by atoms with Gasteiger partial charge in [-0.3, -0.25) is 19.1 Å². The van der Waals surface area contributed by atoms with Crippen molar-refractivity contribution in [2.45, 2.75) is 76.8 Å². The van der Waals surface area contributed by atoms with E-state index in [4.69, 9.17) is 0 Å². The molecule has 1 aliphatic heterocycles. The Bertz CT molecular complexity index is 1880. The number of benzene rings is 3. The zero-order chi connectivity index (χ0) is 35.0. The van der Waals surface area contributed by atoms with Gasteiger partial charge in [-0.15, -0.1) is 0 Å². The van der Waals surface area contributed by atoms with Gasteiger partial charge in [0.15, 0.2) is 0 Å². The van der Waals surface area contributed by atoms with Crippen molar-refractivity contribution in [3.63, 3.8) is 0 Å². The van der Waals surface area contributed by atoms with Crippen molar-refractivity contribution < 1.29 is 19.5 Å². The number of phenols is 1. The number of hydrogen-bond donors (Lipinski definition) is 3. The van der Waals surface area contributed by atoms with Crippen LogP contribution < -0.4 is 10.6 Å². The number of aromatic nitrogens is 2. The van der Waals surface area contributed by atoms with E-state index in [0.29, 0.717) is 41.9 Å². The Labute approximate surface area is 294 Å². The SMILES string of the molecule is Cc1ccc(O)c(-c2nn(C)cc2C#Cc2ccc(NC(=O)C3CCCCN3C(=O)[C@H](Cc3ccccc3)NC(=O)C3CCCCC3)cc2)c1. The minimum atomic E-state index is -0.742. The van der Waals surface area contributed by atoms with Crippen LogP contribution in [0.2, 0.25) is 0 Å². The number of carbonyl (C=O) groups excluding carboxylic acids is 3. The first-order chi connectivity index (χ1) is 24.2. The predicted molar refractivity (Wildman–Crippen MR) is 194 cm³/mol. The summed E-state index contributed by atoms with van der Waals surface area (Å²) < 4.78 is 1.67. The van der Waals surface area contributed by atoms with Gasteiger partial charge in [-0.05, 0) is 81.0 Å². The molecule has 50 heavy (non-hydrogen) atoms. The van der Waals surface area contributed by atoms with Crippen LogP contribution in [-0.4, -0.2) is 56.1 Å². The monoisotopic (exact) mass is 671 g/mol. The number of anilines is 1. The zero-order valence-electron chi connectivity index (χ0n) is 28.8. The molecule has 3 N–H and O–H groups in total. The van der Waals surface area contributed by atoms with E-state index < -0.39 is 12.1 Å². The summed E-state index contributed by atoms with van der Waals surface area (Å²) in [5.41, 5.74) is 5.25. The highest BCUT2D eigenvalue weighted by molar-refractivity contribution is 5.98.